The molecule has 0 atom stereocenters. The van der Waals surface area contributed by atoms with Gasteiger partial charge in [-0.3, -0.25) is 4.79 Å². The molecule has 0 fully saturated rings. The molecule has 104 valence electrons. The molecule has 0 aromatic heterocycles. The van der Waals surface area contributed by atoms with E-state index in [2.05, 4.69) is 62.4 Å². The molecule has 2 aromatic rings. The summed E-state index contributed by atoms with van der Waals surface area (Å²) in [5.41, 5.74) is 2.49. The van der Waals surface area contributed by atoms with Crippen LogP contribution in [0.25, 0.3) is 0 Å². The summed E-state index contributed by atoms with van der Waals surface area (Å²) in [7, 11) is 0. The monoisotopic (exact) mass is 302 g/mol. The summed E-state index contributed by atoms with van der Waals surface area (Å²) < 4.78 is 0. The minimum Gasteiger partial charge on any atom is -0.298 e. The van der Waals surface area contributed by atoms with E-state index in [-0.39, 0.29) is 5.78 Å². The van der Waals surface area contributed by atoms with E-state index in [1.165, 1.54) is 11.1 Å². The molecule has 2 rings (SSSR count). The Morgan fingerprint density at radius 2 is 1.10 bits per heavy atom. The summed E-state index contributed by atoms with van der Waals surface area (Å²) in [5, 5.41) is 0. The van der Waals surface area contributed by atoms with Crippen LogP contribution in [0.2, 0.25) is 0 Å². The van der Waals surface area contributed by atoms with Crippen LogP contribution in [0, 0.1) is 13.8 Å². The lowest BCUT2D eigenvalue weighted by atomic mass is 10.2. The zero-order valence-corrected chi connectivity index (χ0v) is 13.4. The minimum absolute atomic E-state index is 0.279. The Morgan fingerprint density at radius 3 is 1.45 bits per heavy atom. The van der Waals surface area contributed by atoms with E-state index in [4.69, 9.17) is 0 Å². The van der Waals surface area contributed by atoms with Gasteiger partial charge in [0.25, 0.3) is 0 Å². The lowest BCUT2D eigenvalue weighted by Crippen LogP contribution is -2.04. The average Bonchev–Trinajstić information content (AvgIpc) is 2.46. The molecule has 0 heterocycles. The maximum atomic E-state index is 11.9. The summed E-state index contributed by atoms with van der Waals surface area (Å²) >= 11 is 3.22. The Labute approximate surface area is 129 Å². The zero-order chi connectivity index (χ0) is 14.4. The highest BCUT2D eigenvalue weighted by molar-refractivity contribution is 8.01. The van der Waals surface area contributed by atoms with Crippen molar-refractivity contribution < 1.29 is 4.79 Å². The van der Waals surface area contributed by atoms with Crippen LogP contribution in [-0.4, -0.2) is 17.3 Å². The van der Waals surface area contributed by atoms with E-state index in [9.17, 15) is 4.79 Å². The average molecular weight is 302 g/mol. The normalized spacial score (nSPS) is 10.5. The topological polar surface area (TPSA) is 17.1 Å². The number of aryl methyl sites for hydroxylation is 2. The predicted molar refractivity (Wildman–Crippen MR) is 88.8 cm³/mol. The third kappa shape index (κ3) is 5.06. The van der Waals surface area contributed by atoms with Crippen molar-refractivity contribution in [1.82, 2.24) is 0 Å². The summed E-state index contributed by atoms with van der Waals surface area (Å²) in [4.78, 5) is 14.2. The van der Waals surface area contributed by atoms with Crippen molar-refractivity contribution in [3.63, 3.8) is 0 Å². The van der Waals surface area contributed by atoms with Crippen LogP contribution >= 0.6 is 23.5 Å². The van der Waals surface area contributed by atoms with Gasteiger partial charge in [-0.25, -0.2) is 0 Å². The maximum absolute atomic E-state index is 11.9. The minimum atomic E-state index is 0.279. The zero-order valence-electron chi connectivity index (χ0n) is 11.8. The van der Waals surface area contributed by atoms with Gasteiger partial charge in [0.15, 0.2) is 5.78 Å². The van der Waals surface area contributed by atoms with E-state index in [0.29, 0.717) is 11.5 Å². The number of benzene rings is 2. The number of hydrogen-bond donors (Lipinski definition) is 0. The first kappa shape index (κ1) is 15.2. The fourth-order valence-electron chi connectivity index (χ4n) is 1.64. The molecule has 0 aliphatic carbocycles. The molecule has 0 radical (unpaired) electrons. The van der Waals surface area contributed by atoms with Gasteiger partial charge in [-0.15, -0.1) is 23.5 Å². The van der Waals surface area contributed by atoms with Gasteiger partial charge in [0.2, 0.25) is 0 Å². The molecule has 1 nitrogen and oxygen atoms in total. The maximum Gasteiger partial charge on any atom is 0.153 e. The summed E-state index contributed by atoms with van der Waals surface area (Å²) in [6.07, 6.45) is 0. The quantitative estimate of drug-likeness (QED) is 0.716. The molecule has 0 spiro atoms. The molecule has 0 saturated carbocycles. The molecule has 0 bridgehead atoms. The van der Waals surface area contributed by atoms with Crippen molar-refractivity contribution in [3.05, 3.63) is 59.7 Å². The largest absolute Gasteiger partial charge is 0.298 e. The van der Waals surface area contributed by atoms with E-state index in [1.54, 1.807) is 23.5 Å². The van der Waals surface area contributed by atoms with Crippen LogP contribution in [0.15, 0.2) is 58.3 Å². The van der Waals surface area contributed by atoms with Crippen molar-refractivity contribution in [2.45, 2.75) is 23.6 Å². The third-order valence-corrected chi connectivity index (χ3v) is 4.99. The second-order valence-electron chi connectivity index (χ2n) is 4.74. The van der Waals surface area contributed by atoms with Crippen LogP contribution in [0.5, 0.6) is 0 Å². The number of carbonyl (C=O) groups is 1. The third-order valence-electron chi connectivity index (χ3n) is 2.84. The number of Topliss-reactive ketones (excluding diaryl/α,β-unsaturated/α-hetero) is 1. The number of ketones is 1. The molecule has 0 aliphatic heterocycles. The Kier molecular flexibility index (Phi) is 5.74. The fourth-order valence-corrected chi connectivity index (χ4v) is 3.28. The molecular formula is C17H18OS2. The highest BCUT2D eigenvalue weighted by atomic mass is 32.2. The molecule has 3 heteroatoms. The van der Waals surface area contributed by atoms with Gasteiger partial charge in [-0.2, -0.15) is 0 Å². The molecular weight excluding hydrogens is 284 g/mol. The van der Waals surface area contributed by atoms with Gasteiger partial charge in [-0.05, 0) is 38.1 Å². The molecule has 0 N–H and O–H groups in total. The molecule has 20 heavy (non-hydrogen) atoms. The van der Waals surface area contributed by atoms with Crippen LogP contribution in [-0.2, 0) is 4.79 Å². The second-order valence-corrected chi connectivity index (χ2v) is 6.84. The lowest BCUT2D eigenvalue weighted by molar-refractivity contribution is -0.114. The Bertz CT molecular complexity index is 507. The Balaban J connectivity index is 1.75. The smallest absolute Gasteiger partial charge is 0.153 e. The summed E-state index contributed by atoms with van der Waals surface area (Å²) in [5.74, 6) is 1.37. The number of rotatable bonds is 6. The van der Waals surface area contributed by atoms with Gasteiger partial charge < -0.3 is 0 Å². The van der Waals surface area contributed by atoms with Crippen LogP contribution in [0.3, 0.4) is 0 Å². The van der Waals surface area contributed by atoms with Crippen LogP contribution in [0.4, 0.5) is 0 Å². The van der Waals surface area contributed by atoms with Gasteiger partial charge in [0.1, 0.15) is 0 Å². The number of carbonyl (C=O) groups excluding carboxylic acids is 1. The predicted octanol–water partition coefficient (Wildman–Crippen LogP) is 4.76. The lowest BCUT2D eigenvalue weighted by Gasteiger charge is -2.03. The van der Waals surface area contributed by atoms with Crippen LogP contribution < -0.4 is 0 Å². The van der Waals surface area contributed by atoms with E-state index in [1.807, 2.05) is 0 Å². The molecule has 0 aliphatic rings. The first-order chi connectivity index (χ1) is 9.63. The first-order valence-electron chi connectivity index (χ1n) is 6.54. The standard InChI is InChI=1S/C17H18OS2/c1-13-3-7-16(8-4-13)19-11-15(18)12-20-17-9-5-14(2)6-10-17/h3-10H,11-12H2,1-2H3. The van der Waals surface area contributed by atoms with Crippen molar-refractivity contribution in [3.8, 4) is 0 Å². The molecule has 0 amide bonds. The molecule has 2 aromatic carbocycles. The SMILES string of the molecule is Cc1ccc(SCC(=O)CSc2ccc(C)cc2)cc1. The Hall–Kier alpha value is -1.19. The van der Waals surface area contributed by atoms with Crippen LogP contribution in [0.1, 0.15) is 11.1 Å². The van der Waals surface area contributed by atoms with Gasteiger partial charge >= 0.3 is 0 Å². The van der Waals surface area contributed by atoms with E-state index >= 15 is 0 Å². The highest BCUT2D eigenvalue weighted by Gasteiger charge is 2.04. The second kappa shape index (κ2) is 7.55. The fraction of sp³-hybridized carbons (Fsp3) is 0.235. The first-order valence-corrected chi connectivity index (χ1v) is 8.51. The van der Waals surface area contributed by atoms with Crippen molar-refractivity contribution in [2.24, 2.45) is 0 Å². The van der Waals surface area contributed by atoms with Crippen molar-refractivity contribution in [2.75, 3.05) is 11.5 Å². The summed E-state index contributed by atoms with van der Waals surface area (Å²) in [6.45, 7) is 4.13. The molecule has 0 saturated heterocycles. The van der Waals surface area contributed by atoms with Gasteiger partial charge in [0, 0.05) is 9.79 Å². The molecule has 0 unspecified atom stereocenters. The van der Waals surface area contributed by atoms with Crippen molar-refractivity contribution >= 4 is 29.3 Å². The number of thioether (sulfide) groups is 2. The highest BCUT2D eigenvalue weighted by Crippen LogP contribution is 2.21. The van der Waals surface area contributed by atoms with E-state index in [0.717, 1.165) is 9.79 Å². The summed E-state index contributed by atoms with van der Waals surface area (Å²) in [6, 6.07) is 16.6. The van der Waals surface area contributed by atoms with E-state index < -0.39 is 0 Å². The Morgan fingerprint density at radius 1 is 0.750 bits per heavy atom. The van der Waals surface area contributed by atoms with Gasteiger partial charge in [-0.1, -0.05) is 35.4 Å². The number of hydrogen-bond acceptors (Lipinski definition) is 3. The van der Waals surface area contributed by atoms with Crippen molar-refractivity contribution in [1.29, 1.82) is 0 Å². The van der Waals surface area contributed by atoms with Gasteiger partial charge in [0.05, 0.1) is 11.5 Å².